The molecule has 0 saturated heterocycles. The van der Waals surface area contributed by atoms with Crippen LogP contribution < -0.4 is 5.32 Å². The second-order valence-corrected chi connectivity index (χ2v) is 10.7. The van der Waals surface area contributed by atoms with Gasteiger partial charge in [0.25, 0.3) is 5.91 Å². The summed E-state index contributed by atoms with van der Waals surface area (Å²) >= 11 is 0. The lowest BCUT2D eigenvalue weighted by Gasteiger charge is -2.21. The Labute approximate surface area is 244 Å². The predicted molar refractivity (Wildman–Crippen MR) is 164 cm³/mol. The summed E-state index contributed by atoms with van der Waals surface area (Å²) in [5.41, 5.74) is 4.28. The van der Waals surface area contributed by atoms with Gasteiger partial charge in [-0.25, -0.2) is 4.79 Å². The van der Waals surface area contributed by atoms with Gasteiger partial charge in [0, 0.05) is 25.2 Å². The summed E-state index contributed by atoms with van der Waals surface area (Å²) in [5.74, 6) is -2.58. The van der Waals surface area contributed by atoms with Crippen LogP contribution in [0.2, 0.25) is 0 Å². The second kappa shape index (κ2) is 17.7. The van der Waals surface area contributed by atoms with Gasteiger partial charge in [0.05, 0.1) is 0 Å². The Hall–Kier alpha value is -3.93. The van der Waals surface area contributed by atoms with Crippen LogP contribution in [0.1, 0.15) is 92.6 Å². The summed E-state index contributed by atoms with van der Waals surface area (Å²) in [5, 5.41) is 12.4. The zero-order valence-electron chi connectivity index (χ0n) is 24.3. The van der Waals surface area contributed by atoms with Crippen LogP contribution in [0.3, 0.4) is 0 Å². The number of hydrogen-bond donors (Lipinski definition) is 2. The molecular formula is C35H44N2O4. The van der Waals surface area contributed by atoms with Crippen molar-refractivity contribution in [2.24, 2.45) is 0 Å². The van der Waals surface area contributed by atoms with Crippen molar-refractivity contribution in [1.29, 1.82) is 0 Å². The van der Waals surface area contributed by atoms with Crippen LogP contribution in [-0.2, 0) is 22.7 Å². The number of carbonyl (C=O) groups excluding carboxylic acids is 2. The molecule has 3 rings (SSSR count). The van der Waals surface area contributed by atoms with E-state index in [1.54, 1.807) is 24.3 Å². The molecule has 0 saturated carbocycles. The van der Waals surface area contributed by atoms with Crippen LogP contribution in [-0.4, -0.2) is 34.3 Å². The molecule has 6 nitrogen and oxygen atoms in total. The molecule has 3 aromatic carbocycles. The van der Waals surface area contributed by atoms with E-state index in [0.717, 1.165) is 35.1 Å². The van der Waals surface area contributed by atoms with Crippen molar-refractivity contribution in [3.8, 4) is 11.1 Å². The molecule has 0 aromatic heterocycles. The average Bonchev–Trinajstić information content (AvgIpc) is 3.00. The minimum Gasteiger partial charge on any atom is -0.474 e. The van der Waals surface area contributed by atoms with Crippen LogP contribution in [0.25, 0.3) is 11.1 Å². The van der Waals surface area contributed by atoms with Crippen LogP contribution in [0, 0.1) is 0 Å². The first kappa shape index (κ1) is 31.6. The minimum absolute atomic E-state index is 0.121. The number of benzene rings is 3. The summed E-state index contributed by atoms with van der Waals surface area (Å²) in [6.07, 6.45) is 12.5. The SMILES string of the molecule is CCCCCCCCCCCCNC(=O)c1ccc(CN(Cc2ccc(-c3ccccc3)cc2)C(=O)C(=O)O)cc1. The van der Waals surface area contributed by atoms with E-state index < -0.39 is 11.9 Å². The fraction of sp³-hybridized carbons (Fsp3) is 0.400. The summed E-state index contributed by atoms with van der Waals surface area (Å²) in [4.78, 5) is 37.8. The fourth-order valence-corrected chi connectivity index (χ4v) is 4.89. The average molecular weight is 557 g/mol. The molecule has 0 radical (unpaired) electrons. The van der Waals surface area contributed by atoms with Gasteiger partial charge < -0.3 is 15.3 Å². The summed E-state index contributed by atoms with van der Waals surface area (Å²) in [6, 6.07) is 24.7. The number of hydrogen-bond acceptors (Lipinski definition) is 3. The third-order valence-electron chi connectivity index (χ3n) is 7.31. The number of unbranched alkanes of at least 4 members (excludes halogenated alkanes) is 9. The Morgan fingerprint density at radius 3 is 1.66 bits per heavy atom. The van der Waals surface area contributed by atoms with E-state index in [0.29, 0.717) is 12.1 Å². The van der Waals surface area contributed by atoms with Crippen LogP contribution in [0.5, 0.6) is 0 Å². The zero-order valence-corrected chi connectivity index (χ0v) is 24.3. The van der Waals surface area contributed by atoms with E-state index >= 15 is 0 Å². The first-order chi connectivity index (χ1) is 20.0. The number of carbonyl (C=O) groups is 3. The molecule has 0 aliphatic rings. The highest BCUT2D eigenvalue weighted by atomic mass is 16.4. The standard InChI is InChI=1S/C35H44N2O4/c1-2-3-4-5-6-7-8-9-10-14-25-36-33(38)32-23-19-29(20-24-32)27-37(34(39)35(40)41)26-28-17-21-31(22-18-28)30-15-12-11-13-16-30/h11-13,15-24H,2-10,14,25-27H2,1H3,(H,36,38)(H,40,41). The first-order valence-electron chi connectivity index (χ1n) is 15.0. The summed E-state index contributed by atoms with van der Waals surface area (Å²) < 4.78 is 0. The molecule has 6 heteroatoms. The van der Waals surface area contributed by atoms with Crippen molar-refractivity contribution in [3.05, 3.63) is 95.6 Å². The monoisotopic (exact) mass is 556 g/mol. The number of carboxylic acid groups (broad SMARTS) is 1. The lowest BCUT2D eigenvalue weighted by molar-refractivity contribution is -0.156. The largest absolute Gasteiger partial charge is 0.474 e. The fourth-order valence-electron chi connectivity index (χ4n) is 4.89. The van der Waals surface area contributed by atoms with Gasteiger partial charge in [-0.1, -0.05) is 131 Å². The topological polar surface area (TPSA) is 86.7 Å². The number of carboxylic acids is 1. The maximum Gasteiger partial charge on any atom is 0.394 e. The van der Waals surface area contributed by atoms with Crippen LogP contribution >= 0.6 is 0 Å². The maximum absolute atomic E-state index is 12.6. The lowest BCUT2D eigenvalue weighted by Crippen LogP contribution is -2.35. The maximum atomic E-state index is 12.6. The van der Waals surface area contributed by atoms with Crippen LogP contribution in [0.4, 0.5) is 0 Å². The summed E-state index contributed by atoms with van der Waals surface area (Å²) in [7, 11) is 0. The van der Waals surface area contributed by atoms with Gasteiger partial charge in [0.15, 0.2) is 0 Å². The minimum atomic E-state index is -1.49. The molecule has 2 amide bonds. The Morgan fingerprint density at radius 2 is 1.12 bits per heavy atom. The zero-order chi connectivity index (χ0) is 29.3. The molecule has 218 valence electrons. The van der Waals surface area contributed by atoms with E-state index in [2.05, 4.69) is 12.2 Å². The number of nitrogens with one attached hydrogen (secondary N) is 1. The smallest absolute Gasteiger partial charge is 0.394 e. The Bertz CT molecular complexity index is 1210. The van der Waals surface area contributed by atoms with E-state index in [1.807, 2.05) is 54.6 Å². The van der Waals surface area contributed by atoms with Gasteiger partial charge in [-0.05, 0) is 40.8 Å². The molecule has 0 aliphatic carbocycles. The molecule has 0 atom stereocenters. The molecule has 41 heavy (non-hydrogen) atoms. The Balaban J connectivity index is 1.45. The third-order valence-corrected chi connectivity index (χ3v) is 7.31. The highest BCUT2D eigenvalue weighted by Gasteiger charge is 2.21. The summed E-state index contributed by atoms with van der Waals surface area (Å²) in [6.45, 7) is 3.19. The van der Waals surface area contributed by atoms with Crippen molar-refractivity contribution in [1.82, 2.24) is 10.2 Å². The molecule has 0 spiro atoms. The second-order valence-electron chi connectivity index (χ2n) is 10.7. The highest BCUT2D eigenvalue weighted by molar-refractivity contribution is 6.31. The molecule has 0 fully saturated rings. The van der Waals surface area contributed by atoms with E-state index in [4.69, 9.17) is 0 Å². The predicted octanol–water partition coefficient (Wildman–Crippen LogP) is 7.62. The van der Waals surface area contributed by atoms with Crippen molar-refractivity contribution in [2.45, 2.75) is 84.2 Å². The van der Waals surface area contributed by atoms with Crippen LogP contribution in [0.15, 0.2) is 78.9 Å². The van der Waals surface area contributed by atoms with Gasteiger partial charge in [0.2, 0.25) is 0 Å². The molecular weight excluding hydrogens is 512 g/mol. The molecule has 0 bridgehead atoms. The molecule has 3 aromatic rings. The van der Waals surface area contributed by atoms with Crippen molar-refractivity contribution in [2.75, 3.05) is 6.54 Å². The van der Waals surface area contributed by atoms with Gasteiger partial charge in [0.1, 0.15) is 0 Å². The van der Waals surface area contributed by atoms with Gasteiger partial charge in [-0.2, -0.15) is 0 Å². The highest BCUT2D eigenvalue weighted by Crippen LogP contribution is 2.20. The number of aliphatic carboxylic acids is 1. The van der Waals surface area contributed by atoms with Gasteiger partial charge >= 0.3 is 11.9 Å². The normalized spacial score (nSPS) is 10.8. The quantitative estimate of drug-likeness (QED) is 0.132. The van der Waals surface area contributed by atoms with Crippen molar-refractivity contribution >= 4 is 17.8 Å². The number of amides is 2. The Kier molecular flexibility index (Phi) is 13.6. The molecule has 0 aliphatic heterocycles. The van der Waals surface area contributed by atoms with Gasteiger partial charge in [-0.15, -0.1) is 0 Å². The third kappa shape index (κ3) is 11.2. The Morgan fingerprint density at radius 1 is 0.634 bits per heavy atom. The van der Waals surface area contributed by atoms with Crippen molar-refractivity contribution < 1.29 is 19.5 Å². The van der Waals surface area contributed by atoms with E-state index in [1.165, 1.54) is 56.3 Å². The molecule has 0 heterocycles. The first-order valence-corrected chi connectivity index (χ1v) is 15.0. The lowest BCUT2D eigenvalue weighted by atomic mass is 10.0. The number of nitrogens with zero attached hydrogens (tertiary/aromatic N) is 1. The molecule has 2 N–H and O–H groups in total. The van der Waals surface area contributed by atoms with Crippen molar-refractivity contribution in [3.63, 3.8) is 0 Å². The molecule has 0 unspecified atom stereocenters. The van der Waals surface area contributed by atoms with E-state index in [9.17, 15) is 19.5 Å². The van der Waals surface area contributed by atoms with Gasteiger partial charge in [-0.3, -0.25) is 9.59 Å². The number of rotatable bonds is 17. The van der Waals surface area contributed by atoms with E-state index in [-0.39, 0.29) is 19.0 Å².